The lowest BCUT2D eigenvalue weighted by molar-refractivity contribution is 0.585. The predicted molar refractivity (Wildman–Crippen MR) is 78.9 cm³/mol. The van der Waals surface area contributed by atoms with E-state index in [0.29, 0.717) is 9.04 Å². The van der Waals surface area contributed by atoms with Crippen LogP contribution in [-0.2, 0) is 0 Å². The first kappa shape index (κ1) is 14.7. The second kappa shape index (κ2) is 11.7. The summed E-state index contributed by atoms with van der Waals surface area (Å²) in [7, 11) is 2.12. The van der Waals surface area contributed by atoms with Crippen LogP contribution in [0, 0.1) is 0 Å². The van der Waals surface area contributed by atoms with E-state index in [2.05, 4.69) is 13.5 Å². The van der Waals surface area contributed by atoms with Gasteiger partial charge in [-0.05, 0) is 9.76 Å². The molecule has 0 aliphatic rings. The molecule has 0 spiro atoms. The minimum atomic E-state index is 0.0329. The first-order valence-corrected chi connectivity index (χ1v) is 16.8. The molecule has 0 aromatic carbocycles. The van der Waals surface area contributed by atoms with Gasteiger partial charge in [0.05, 0.1) is 0 Å². The van der Waals surface area contributed by atoms with Crippen molar-refractivity contribution < 1.29 is 0 Å². The smallest absolute Gasteiger partial charge is 0.00809 e. The molecule has 0 aromatic rings. The molecule has 0 N–H and O–H groups in total. The number of rotatable bonds is 10. The van der Waals surface area contributed by atoms with E-state index < -0.39 is 0 Å². The van der Waals surface area contributed by atoms with Crippen LogP contribution in [0.4, 0.5) is 0 Å². The number of hydrogen-bond donors (Lipinski definition) is 0. The molecule has 0 aromatic heterocycles. The van der Waals surface area contributed by atoms with Crippen LogP contribution in [0.3, 0.4) is 0 Å². The molecule has 3 heteroatoms. The highest BCUT2D eigenvalue weighted by Gasteiger charge is 1.96. The van der Waals surface area contributed by atoms with Crippen molar-refractivity contribution in [2.45, 2.75) is 70.9 Å². The maximum atomic E-state index is 2.59. The Kier molecular flexibility index (Phi) is 12.3. The van der Waals surface area contributed by atoms with Crippen molar-refractivity contribution in [3.05, 3.63) is 0 Å². The average molecular weight is 247 g/mol. The second-order valence-electron chi connectivity index (χ2n) is 5.01. The molecule has 0 aliphatic heterocycles. The van der Waals surface area contributed by atoms with Gasteiger partial charge in [-0.1, -0.05) is 70.9 Å². The van der Waals surface area contributed by atoms with Gasteiger partial charge in [0.15, 0.2) is 0 Å². The summed E-state index contributed by atoms with van der Waals surface area (Å²) in [5.74, 6) is 0. The Hall–Kier alpha value is 0.651. The van der Waals surface area contributed by atoms with E-state index in [0.717, 1.165) is 0 Å². The average Bonchev–Trinajstić information content (AvgIpc) is 2.15. The van der Waals surface area contributed by atoms with E-state index >= 15 is 0 Å². The molecule has 14 heavy (non-hydrogen) atoms. The van der Waals surface area contributed by atoms with Gasteiger partial charge in [0, 0.05) is 16.9 Å². The fraction of sp³-hybridized carbons (Fsp3) is 1.00. The fourth-order valence-corrected chi connectivity index (χ4v) is 10.3. The van der Waals surface area contributed by atoms with Crippen molar-refractivity contribution in [3.8, 4) is 0 Å². The molecule has 86 valence electrons. The highest BCUT2D eigenvalue weighted by Crippen LogP contribution is 2.09. The summed E-state index contributed by atoms with van der Waals surface area (Å²) in [6, 6.07) is 1.69. The van der Waals surface area contributed by atoms with Crippen molar-refractivity contribution in [3.63, 3.8) is 0 Å². The van der Waals surface area contributed by atoms with Gasteiger partial charge in [-0.15, -0.1) is 0 Å². The topological polar surface area (TPSA) is 0 Å². The monoisotopic (exact) mass is 246 g/mol. The molecule has 0 bridgehead atoms. The van der Waals surface area contributed by atoms with E-state index in [9.17, 15) is 0 Å². The molecule has 0 saturated heterocycles. The maximum absolute atomic E-state index is 2.59. The largest absolute Gasteiger partial charge is 0.0768 e. The van der Waals surface area contributed by atoms with E-state index in [4.69, 9.17) is 0 Å². The quantitative estimate of drug-likeness (QED) is 0.408. The summed E-state index contributed by atoms with van der Waals surface area (Å²) >= 11 is 0. The maximum Gasteiger partial charge on any atom is 0.00809 e. The molecule has 0 rings (SSSR count). The van der Waals surface area contributed by atoms with Gasteiger partial charge in [-0.2, -0.15) is 0 Å². The Bertz CT molecular complexity index is 105. The van der Waals surface area contributed by atoms with Crippen LogP contribution in [0.2, 0.25) is 12.6 Å². The summed E-state index contributed by atoms with van der Waals surface area (Å²) in [6.45, 7) is 4.88. The molecule has 0 nitrogen and oxygen atoms in total. The zero-order valence-corrected chi connectivity index (χ0v) is 15.2. The molecule has 0 heterocycles. The van der Waals surface area contributed by atoms with E-state index in [-0.39, 0.29) is 7.83 Å². The van der Waals surface area contributed by atoms with Gasteiger partial charge in [-0.25, -0.2) is 0 Å². The summed E-state index contributed by atoms with van der Waals surface area (Å²) in [6.07, 6.45) is 12.0. The van der Waals surface area contributed by atoms with Crippen LogP contribution < -0.4 is 0 Å². The van der Waals surface area contributed by atoms with Gasteiger partial charge in [0.1, 0.15) is 0 Å². The highest BCUT2D eigenvalue weighted by molar-refractivity contribution is 7.34. The molecule has 0 aliphatic carbocycles. The van der Waals surface area contributed by atoms with Gasteiger partial charge < -0.3 is 0 Å². The third kappa shape index (κ3) is 12.7. The molecule has 0 amide bonds. The van der Waals surface area contributed by atoms with Crippen LogP contribution in [0.1, 0.15) is 58.3 Å². The number of unbranched alkanes of at least 4 members (excludes halogenated alkanes) is 7. The lowest BCUT2D eigenvalue weighted by Gasteiger charge is -2.02. The number of hydrogen-bond acceptors (Lipinski definition) is 0. The normalized spacial score (nSPS) is 14.1. The molecular formula is C11H30Si3. The molecule has 1 unspecified atom stereocenters. The Balaban J connectivity index is 2.85. The highest BCUT2D eigenvalue weighted by atomic mass is 29.5. The summed E-state index contributed by atoms with van der Waals surface area (Å²) in [5, 5.41) is 0. The summed E-state index contributed by atoms with van der Waals surface area (Å²) < 4.78 is 0. The minimum Gasteiger partial charge on any atom is -0.0768 e. The third-order valence-electron chi connectivity index (χ3n) is 2.89. The van der Waals surface area contributed by atoms with Crippen molar-refractivity contribution in [1.82, 2.24) is 0 Å². The van der Waals surface area contributed by atoms with Crippen LogP contribution in [0.5, 0.6) is 0 Å². The van der Waals surface area contributed by atoms with Gasteiger partial charge in [0.25, 0.3) is 0 Å². The fourth-order valence-electron chi connectivity index (χ4n) is 1.86. The van der Waals surface area contributed by atoms with Crippen LogP contribution in [0.15, 0.2) is 0 Å². The minimum absolute atomic E-state index is 0.0329. The van der Waals surface area contributed by atoms with E-state index in [1.807, 2.05) is 0 Å². The summed E-state index contributed by atoms with van der Waals surface area (Å²) in [4.78, 5) is 0. The predicted octanol–water partition coefficient (Wildman–Crippen LogP) is 1.93. The zero-order valence-electron chi connectivity index (χ0n) is 10.6. The lowest BCUT2D eigenvalue weighted by Crippen LogP contribution is -2.17. The van der Waals surface area contributed by atoms with E-state index in [1.54, 1.807) is 28.6 Å². The second-order valence-corrected chi connectivity index (χ2v) is 26.5. The third-order valence-corrected chi connectivity index (χ3v) is 14.8. The zero-order chi connectivity index (χ0) is 10.6. The van der Waals surface area contributed by atoms with Crippen molar-refractivity contribution >= 4 is 26.6 Å². The SMILES string of the molecule is CCCCCCCCCC[SiH2][SiH](C)[SiH3]. The van der Waals surface area contributed by atoms with Crippen molar-refractivity contribution in [1.29, 1.82) is 0 Å². The molecule has 1 atom stereocenters. The van der Waals surface area contributed by atoms with Crippen LogP contribution in [0.25, 0.3) is 0 Å². The van der Waals surface area contributed by atoms with Gasteiger partial charge in [0.2, 0.25) is 0 Å². The molecule has 0 fully saturated rings. The Morgan fingerprint density at radius 2 is 1.43 bits per heavy atom. The van der Waals surface area contributed by atoms with Gasteiger partial charge in [-0.3, -0.25) is 0 Å². The molecule has 0 saturated carbocycles. The van der Waals surface area contributed by atoms with Gasteiger partial charge >= 0.3 is 0 Å². The van der Waals surface area contributed by atoms with Crippen LogP contribution in [-0.4, -0.2) is 26.6 Å². The van der Waals surface area contributed by atoms with Crippen LogP contribution >= 0.6 is 0 Å². The summed E-state index contributed by atoms with van der Waals surface area (Å²) in [5.41, 5.74) is 0. The Labute approximate surface area is 97.7 Å². The lowest BCUT2D eigenvalue weighted by atomic mass is 10.1. The first-order chi connectivity index (χ1) is 6.77. The first-order valence-electron chi connectivity index (χ1n) is 6.77. The molecular weight excluding hydrogens is 216 g/mol. The Morgan fingerprint density at radius 1 is 0.929 bits per heavy atom. The van der Waals surface area contributed by atoms with Crippen molar-refractivity contribution in [2.75, 3.05) is 0 Å². The molecule has 0 radical (unpaired) electrons. The van der Waals surface area contributed by atoms with E-state index in [1.165, 1.54) is 38.5 Å². The Morgan fingerprint density at radius 3 is 1.93 bits per heavy atom. The standard InChI is InChI=1S/C11H30Si3/c1-3-4-5-6-7-8-9-10-11-13-14(2)12/h14H,3-11,13H2,1-2,12H3. The van der Waals surface area contributed by atoms with Crippen molar-refractivity contribution in [2.24, 2.45) is 0 Å².